The molecule has 7 heteroatoms. The smallest absolute Gasteiger partial charge is 0.253 e. The number of ether oxygens (including phenoxy) is 1. The summed E-state index contributed by atoms with van der Waals surface area (Å²) in [6.45, 7) is 0. The third-order valence-corrected chi connectivity index (χ3v) is 6.82. The number of benzene rings is 2. The Morgan fingerprint density at radius 1 is 1.21 bits per heavy atom. The Kier molecular flexibility index (Phi) is 6.23. The molecule has 1 aromatic heterocycles. The Morgan fingerprint density at radius 2 is 1.97 bits per heavy atom. The fourth-order valence-corrected chi connectivity index (χ4v) is 4.76. The van der Waals surface area contributed by atoms with Gasteiger partial charge in [0, 0.05) is 16.3 Å². The minimum atomic E-state index is -0.115. The second-order valence-electron chi connectivity index (χ2n) is 6.50. The van der Waals surface area contributed by atoms with Gasteiger partial charge in [0.1, 0.15) is 5.75 Å². The van der Waals surface area contributed by atoms with E-state index in [1.165, 1.54) is 11.8 Å². The molecule has 1 atom stereocenters. The van der Waals surface area contributed by atoms with Crippen molar-refractivity contribution in [3.05, 3.63) is 81.5 Å². The topological polar surface area (TPSA) is 41.9 Å². The lowest BCUT2D eigenvalue weighted by Gasteiger charge is -2.22. The highest BCUT2D eigenvalue weighted by Crippen LogP contribution is 2.35. The lowest BCUT2D eigenvalue weighted by molar-refractivity contribution is -0.130. The van der Waals surface area contributed by atoms with Crippen molar-refractivity contribution in [3.63, 3.8) is 0 Å². The number of thioether (sulfide) groups is 1. The molecule has 1 aliphatic heterocycles. The molecule has 4 nitrogen and oxygen atoms in total. The van der Waals surface area contributed by atoms with Gasteiger partial charge >= 0.3 is 0 Å². The largest absolute Gasteiger partial charge is 0.497 e. The highest BCUT2D eigenvalue weighted by atomic mass is 35.5. The van der Waals surface area contributed by atoms with Crippen LogP contribution in [0.4, 0.5) is 0 Å². The van der Waals surface area contributed by atoms with Gasteiger partial charge in [-0.1, -0.05) is 29.8 Å². The summed E-state index contributed by atoms with van der Waals surface area (Å²) in [5, 5.41) is 9.06. The van der Waals surface area contributed by atoms with Crippen LogP contribution in [-0.2, 0) is 4.79 Å². The van der Waals surface area contributed by atoms with E-state index in [9.17, 15) is 4.79 Å². The van der Waals surface area contributed by atoms with Crippen LogP contribution in [0.3, 0.4) is 0 Å². The maximum atomic E-state index is 13.1. The van der Waals surface area contributed by atoms with Gasteiger partial charge in [-0.3, -0.25) is 4.79 Å². The molecule has 0 radical (unpaired) electrons. The zero-order valence-electron chi connectivity index (χ0n) is 15.7. The van der Waals surface area contributed by atoms with Crippen LogP contribution < -0.4 is 4.74 Å². The number of carbonyl (C=O) groups excluding carboxylic acids is 1. The van der Waals surface area contributed by atoms with Crippen LogP contribution in [0.25, 0.3) is 0 Å². The number of halogens is 1. The van der Waals surface area contributed by atoms with Crippen molar-refractivity contribution < 1.29 is 9.53 Å². The molecule has 2 heterocycles. The first-order valence-electron chi connectivity index (χ1n) is 9.10. The third-order valence-electron chi connectivity index (χ3n) is 4.65. The maximum absolute atomic E-state index is 13.1. The average Bonchev–Trinajstić information content (AvgIpc) is 3.43. The predicted molar refractivity (Wildman–Crippen MR) is 120 cm³/mol. The standard InChI is InChI=1S/C22H19ClN2O2S2/c1-27-17-8-4-15(5-9-17)20-13-19(21-3-2-12-28-21)24-25(20)22(26)14-29-18-10-6-16(23)7-11-18/h2-12,20H,13-14H2,1H3/t20-/m1/s1. The third kappa shape index (κ3) is 4.66. The van der Waals surface area contributed by atoms with Crippen molar-refractivity contribution in [1.82, 2.24) is 5.01 Å². The summed E-state index contributed by atoms with van der Waals surface area (Å²) < 4.78 is 5.26. The van der Waals surface area contributed by atoms with E-state index in [1.54, 1.807) is 23.5 Å². The Morgan fingerprint density at radius 3 is 2.62 bits per heavy atom. The predicted octanol–water partition coefficient (Wildman–Crippen LogP) is 5.88. The van der Waals surface area contributed by atoms with Gasteiger partial charge < -0.3 is 4.74 Å². The highest BCUT2D eigenvalue weighted by molar-refractivity contribution is 8.00. The van der Waals surface area contributed by atoms with Crippen LogP contribution in [-0.4, -0.2) is 29.5 Å². The molecule has 0 aliphatic carbocycles. The molecule has 0 N–H and O–H groups in total. The van der Waals surface area contributed by atoms with E-state index < -0.39 is 0 Å². The molecule has 148 valence electrons. The van der Waals surface area contributed by atoms with Crippen LogP contribution in [0.2, 0.25) is 5.02 Å². The second kappa shape index (κ2) is 9.03. The van der Waals surface area contributed by atoms with Crippen LogP contribution >= 0.6 is 34.7 Å². The molecule has 0 saturated heterocycles. The first-order chi connectivity index (χ1) is 14.1. The summed E-state index contributed by atoms with van der Waals surface area (Å²) in [6.07, 6.45) is 0.699. The molecule has 1 aliphatic rings. The summed E-state index contributed by atoms with van der Waals surface area (Å²) in [4.78, 5) is 15.2. The molecule has 0 bridgehead atoms. The van der Waals surface area contributed by atoms with Gasteiger partial charge in [0.15, 0.2) is 0 Å². The van der Waals surface area contributed by atoms with E-state index in [0.29, 0.717) is 17.2 Å². The van der Waals surface area contributed by atoms with Crippen molar-refractivity contribution in [2.24, 2.45) is 5.10 Å². The number of hydrogen-bond acceptors (Lipinski definition) is 5. The van der Waals surface area contributed by atoms with Crippen LogP contribution in [0.1, 0.15) is 22.9 Å². The monoisotopic (exact) mass is 442 g/mol. The number of thiophene rings is 1. The van der Waals surface area contributed by atoms with Crippen LogP contribution in [0, 0.1) is 0 Å². The number of carbonyl (C=O) groups is 1. The molecule has 0 fully saturated rings. The zero-order chi connectivity index (χ0) is 20.2. The summed E-state index contributed by atoms with van der Waals surface area (Å²) in [5.74, 6) is 1.09. The SMILES string of the molecule is COc1ccc([C@H]2CC(c3cccs3)=NN2C(=O)CSc2ccc(Cl)cc2)cc1. The number of nitrogens with zero attached hydrogens (tertiary/aromatic N) is 2. The summed E-state index contributed by atoms with van der Waals surface area (Å²) in [7, 11) is 1.65. The molecule has 4 rings (SSSR count). The Bertz CT molecular complexity index is 1000. The number of amides is 1. The van der Waals surface area contributed by atoms with Gasteiger partial charge in [0.05, 0.1) is 29.5 Å². The quantitative estimate of drug-likeness (QED) is 0.447. The van der Waals surface area contributed by atoms with Gasteiger partial charge in [-0.25, -0.2) is 5.01 Å². The van der Waals surface area contributed by atoms with Gasteiger partial charge in [-0.15, -0.1) is 23.1 Å². The van der Waals surface area contributed by atoms with Gasteiger partial charge in [-0.2, -0.15) is 5.10 Å². The van der Waals surface area contributed by atoms with Gasteiger partial charge in [-0.05, 0) is 53.4 Å². The number of rotatable bonds is 6. The number of hydrogen-bond donors (Lipinski definition) is 0. The maximum Gasteiger partial charge on any atom is 0.253 e. The number of methoxy groups -OCH3 is 1. The summed E-state index contributed by atoms with van der Waals surface area (Å²) in [6, 6.07) is 19.3. The fourth-order valence-electron chi connectivity index (χ4n) is 3.16. The van der Waals surface area contributed by atoms with E-state index >= 15 is 0 Å². The second-order valence-corrected chi connectivity index (χ2v) is 8.93. The molecular formula is C22H19ClN2O2S2. The van der Waals surface area contributed by atoms with Crippen molar-refractivity contribution in [2.75, 3.05) is 12.9 Å². The van der Waals surface area contributed by atoms with Crippen LogP contribution in [0.15, 0.2) is 76.0 Å². The first-order valence-corrected chi connectivity index (χ1v) is 11.3. The fraction of sp³-hybridized carbons (Fsp3) is 0.182. The van der Waals surface area contributed by atoms with Crippen molar-refractivity contribution >= 4 is 46.3 Å². The lowest BCUT2D eigenvalue weighted by atomic mass is 10.0. The molecular weight excluding hydrogens is 424 g/mol. The molecule has 3 aromatic rings. The van der Waals surface area contributed by atoms with E-state index in [0.717, 1.165) is 26.8 Å². The molecule has 0 spiro atoms. The molecule has 0 unspecified atom stereocenters. The summed E-state index contributed by atoms with van der Waals surface area (Å²) >= 11 is 9.07. The first kappa shape index (κ1) is 20.0. The molecule has 1 amide bonds. The normalized spacial score (nSPS) is 16.0. The number of hydrazone groups is 1. The van der Waals surface area contributed by atoms with E-state index in [-0.39, 0.29) is 11.9 Å². The van der Waals surface area contributed by atoms with Gasteiger partial charge in [0.2, 0.25) is 0 Å². The van der Waals surface area contributed by atoms with Gasteiger partial charge in [0.25, 0.3) is 5.91 Å². The van der Waals surface area contributed by atoms with E-state index in [4.69, 9.17) is 21.4 Å². The molecule has 2 aromatic carbocycles. The molecule has 29 heavy (non-hydrogen) atoms. The van der Waals surface area contributed by atoms with E-state index in [2.05, 4.69) is 0 Å². The van der Waals surface area contributed by atoms with Crippen LogP contribution in [0.5, 0.6) is 5.75 Å². The Labute approximate surface area is 183 Å². The van der Waals surface area contributed by atoms with Crippen molar-refractivity contribution in [1.29, 1.82) is 0 Å². The Hall–Kier alpha value is -2.28. The van der Waals surface area contributed by atoms with Crippen molar-refractivity contribution in [2.45, 2.75) is 17.4 Å². The average molecular weight is 443 g/mol. The zero-order valence-corrected chi connectivity index (χ0v) is 18.1. The lowest BCUT2D eigenvalue weighted by Crippen LogP contribution is -2.28. The highest BCUT2D eigenvalue weighted by Gasteiger charge is 2.33. The summed E-state index contributed by atoms with van der Waals surface area (Å²) in [5.41, 5.74) is 2.00. The van der Waals surface area contributed by atoms with Crippen molar-refractivity contribution in [3.8, 4) is 5.75 Å². The minimum Gasteiger partial charge on any atom is -0.497 e. The Balaban J connectivity index is 1.54. The minimum absolute atomic E-state index is 0.0164. The van der Waals surface area contributed by atoms with E-state index in [1.807, 2.05) is 66.0 Å². The molecule has 0 saturated carbocycles.